The maximum Gasteiger partial charge on any atom is 0.116 e. The first-order valence-electron chi connectivity index (χ1n) is 9.65. The Bertz CT molecular complexity index is 1260. The first kappa shape index (κ1) is 15.6. The Morgan fingerprint density at radius 3 is 2.61 bits per heavy atom. The molecule has 2 atom stereocenters. The summed E-state index contributed by atoms with van der Waals surface area (Å²) in [5.74, 6) is 1.52. The zero-order valence-corrected chi connectivity index (χ0v) is 15.5. The molecule has 0 saturated carbocycles. The average Bonchev–Trinajstić information content (AvgIpc) is 3.33. The molecule has 6 heteroatoms. The summed E-state index contributed by atoms with van der Waals surface area (Å²) in [4.78, 5) is 17.8. The van der Waals surface area contributed by atoms with Crippen molar-refractivity contribution in [2.24, 2.45) is 11.7 Å². The van der Waals surface area contributed by atoms with Crippen molar-refractivity contribution in [2.75, 3.05) is 6.54 Å². The summed E-state index contributed by atoms with van der Waals surface area (Å²) in [7, 11) is 0. The number of nitrogens with one attached hydrogen (secondary N) is 2. The Balaban J connectivity index is 1.61. The van der Waals surface area contributed by atoms with Gasteiger partial charge in [-0.3, -0.25) is 9.97 Å². The van der Waals surface area contributed by atoms with Gasteiger partial charge in [0.1, 0.15) is 5.82 Å². The second-order valence-corrected chi connectivity index (χ2v) is 7.76. The third-order valence-corrected chi connectivity index (χ3v) is 6.06. The monoisotopic (exact) mass is 368 g/mol. The first-order chi connectivity index (χ1) is 13.7. The summed E-state index contributed by atoms with van der Waals surface area (Å²) in [5, 5.41) is 5.65. The van der Waals surface area contributed by atoms with Gasteiger partial charge in [-0.25, -0.2) is 4.98 Å². The molecule has 4 N–H and O–H groups in total. The molecule has 4 heterocycles. The predicted molar refractivity (Wildman–Crippen MR) is 111 cm³/mol. The Morgan fingerprint density at radius 2 is 1.79 bits per heavy atom. The van der Waals surface area contributed by atoms with E-state index in [2.05, 4.69) is 45.4 Å². The minimum absolute atomic E-state index is 0.173. The number of benzene rings is 1. The van der Waals surface area contributed by atoms with E-state index < -0.39 is 0 Å². The summed E-state index contributed by atoms with van der Waals surface area (Å²) in [6, 6.07) is 8.06. The summed E-state index contributed by atoms with van der Waals surface area (Å²) >= 11 is 0. The number of hydrogen-bond donors (Lipinski definition) is 3. The topological polar surface area (TPSA) is 92.5 Å². The molecule has 4 aromatic rings. The summed E-state index contributed by atoms with van der Waals surface area (Å²) in [5.41, 5.74) is 13.5. The van der Waals surface area contributed by atoms with Crippen LogP contribution in [0.25, 0.3) is 32.8 Å². The Labute approximate surface area is 161 Å². The van der Waals surface area contributed by atoms with Gasteiger partial charge in [-0.15, -0.1) is 0 Å². The van der Waals surface area contributed by atoms with Crippen molar-refractivity contribution < 1.29 is 0 Å². The highest BCUT2D eigenvalue weighted by Crippen LogP contribution is 2.39. The molecule has 1 aromatic carbocycles. The molecule has 1 aliphatic heterocycles. The van der Waals surface area contributed by atoms with E-state index in [9.17, 15) is 0 Å². The standard InChI is InChI=1S/C22H20N6/c1-11-8-17-14(9-16(11)23)15(10-26-17)22-27-20-12-4-2-6-24-18(12)19-13(21(20)28-22)5-3-7-25-19/h2-7,9,11,15,26H,8,10,23H2,1H3,(H,27,28). The number of aromatic amines is 1. The van der Waals surface area contributed by atoms with E-state index in [0.717, 1.165) is 57.3 Å². The summed E-state index contributed by atoms with van der Waals surface area (Å²) in [6.45, 7) is 3.01. The van der Waals surface area contributed by atoms with Gasteiger partial charge in [0.25, 0.3) is 0 Å². The third kappa shape index (κ3) is 2.05. The average molecular weight is 368 g/mol. The van der Waals surface area contributed by atoms with Crippen molar-refractivity contribution in [3.63, 3.8) is 0 Å². The number of imidazole rings is 1. The van der Waals surface area contributed by atoms with E-state index in [1.807, 2.05) is 24.5 Å². The summed E-state index contributed by atoms with van der Waals surface area (Å²) in [6.07, 6.45) is 6.73. The second kappa shape index (κ2) is 5.55. The van der Waals surface area contributed by atoms with Crippen LogP contribution >= 0.6 is 0 Å². The number of fused-ring (bicyclic) bond motifs is 6. The fourth-order valence-corrected chi connectivity index (χ4v) is 4.54. The Hall–Kier alpha value is -3.41. The molecule has 2 aliphatic rings. The van der Waals surface area contributed by atoms with Crippen molar-refractivity contribution in [3.8, 4) is 0 Å². The van der Waals surface area contributed by atoms with Crippen molar-refractivity contribution in [1.82, 2.24) is 25.3 Å². The van der Waals surface area contributed by atoms with Crippen LogP contribution in [0.1, 0.15) is 25.1 Å². The van der Waals surface area contributed by atoms with Gasteiger partial charge in [0.2, 0.25) is 0 Å². The van der Waals surface area contributed by atoms with Gasteiger partial charge in [0, 0.05) is 47.0 Å². The van der Waals surface area contributed by atoms with Crippen LogP contribution in [-0.4, -0.2) is 26.5 Å². The Kier molecular flexibility index (Phi) is 3.10. The van der Waals surface area contributed by atoms with Gasteiger partial charge in [0.15, 0.2) is 0 Å². The van der Waals surface area contributed by atoms with Gasteiger partial charge in [0.05, 0.1) is 28.0 Å². The minimum atomic E-state index is 0.173. The van der Waals surface area contributed by atoms with Gasteiger partial charge in [-0.05, 0) is 42.3 Å². The largest absolute Gasteiger partial charge is 0.402 e. The molecular weight excluding hydrogens is 348 g/mol. The highest BCUT2D eigenvalue weighted by atomic mass is 15.0. The molecule has 2 unspecified atom stereocenters. The number of pyridine rings is 2. The zero-order chi connectivity index (χ0) is 18.8. The van der Waals surface area contributed by atoms with Crippen LogP contribution in [0.2, 0.25) is 0 Å². The molecule has 1 aliphatic carbocycles. The van der Waals surface area contributed by atoms with Crippen LogP contribution in [0.4, 0.5) is 0 Å². The summed E-state index contributed by atoms with van der Waals surface area (Å²) < 4.78 is 0. The fourth-order valence-electron chi connectivity index (χ4n) is 4.54. The fraction of sp³-hybridized carbons (Fsp3) is 0.227. The number of nitrogens with two attached hydrogens (primary N) is 1. The van der Waals surface area contributed by atoms with E-state index >= 15 is 0 Å². The smallest absolute Gasteiger partial charge is 0.116 e. The molecule has 28 heavy (non-hydrogen) atoms. The molecule has 3 aromatic heterocycles. The van der Waals surface area contributed by atoms with Gasteiger partial charge in [-0.1, -0.05) is 6.92 Å². The molecule has 6 nitrogen and oxygen atoms in total. The van der Waals surface area contributed by atoms with E-state index in [-0.39, 0.29) is 5.92 Å². The van der Waals surface area contributed by atoms with Crippen LogP contribution in [0, 0.1) is 5.92 Å². The molecule has 0 amide bonds. The van der Waals surface area contributed by atoms with E-state index in [1.54, 1.807) is 0 Å². The zero-order valence-electron chi connectivity index (χ0n) is 15.5. The molecule has 0 fully saturated rings. The highest BCUT2D eigenvalue weighted by molar-refractivity contribution is 6.20. The number of aromatic nitrogens is 4. The van der Waals surface area contributed by atoms with Crippen LogP contribution in [0.3, 0.4) is 0 Å². The maximum atomic E-state index is 6.25. The van der Waals surface area contributed by atoms with E-state index in [1.165, 1.54) is 11.3 Å². The van der Waals surface area contributed by atoms with Crippen molar-refractivity contribution in [3.05, 3.63) is 65.5 Å². The molecule has 0 saturated heterocycles. The van der Waals surface area contributed by atoms with Crippen LogP contribution in [0.5, 0.6) is 0 Å². The first-order valence-corrected chi connectivity index (χ1v) is 9.65. The number of H-pyrrole nitrogens is 1. The number of rotatable bonds is 1. The highest BCUT2D eigenvalue weighted by Gasteiger charge is 2.32. The molecule has 0 bridgehead atoms. The molecular formula is C22H20N6. The third-order valence-electron chi connectivity index (χ3n) is 6.06. The van der Waals surface area contributed by atoms with E-state index in [4.69, 9.17) is 10.7 Å². The van der Waals surface area contributed by atoms with Gasteiger partial charge in [-0.2, -0.15) is 0 Å². The van der Waals surface area contributed by atoms with Gasteiger partial charge >= 0.3 is 0 Å². The van der Waals surface area contributed by atoms with Gasteiger partial charge < -0.3 is 16.0 Å². The van der Waals surface area contributed by atoms with Crippen molar-refractivity contribution >= 4 is 32.8 Å². The molecule has 0 spiro atoms. The van der Waals surface area contributed by atoms with Crippen LogP contribution in [0.15, 0.2) is 59.7 Å². The van der Waals surface area contributed by atoms with Crippen LogP contribution < -0.4 is 11.1 Å². The number of nitrogens with zero attached hydrogens (tertiary/aromatic N) is 3. The quantitative estimate of drug-likeness (QED) is 0.447. The number of allylic oxidation sites excluding steroid dienone is 3. The van der Waals surface area contributed by atoms with Crippen molar-refractivity contribution in [2.45, 2.75) is 19.3 Å². The molecule has 0 radical (unpaired) electrons. The van der Waals surface area contributed by atoms with Crippen molar-refractivity contribution in [1.29, 1.82) is 0 Å². The predicted octanol–water partition coefficient (Wildman–Crippen LogP) is 3.48. The lowest BCUT2D eigenvalue weighted by Gasteiger charge is -2.20. The molecule has 138 valence electrons. The lowest BCUT2D eigenvalue weighted by Crippen LogP contribution is -2.17. The van der Waals surface area contributed by atoms with E-state index in [0.29, 0.717) is 5.92 Å². The number of hydrogen-bond acceptors (Lipinski definition) is 5. The second-order valence-electron chi connectivity index (χ2n) is 7.76. The maximum absolute atomic E-state index is 6.25. The SMILES string of the molecule is CC1CC2=C(C=C1N)C(c1nc3c4cccnc4c4ncccc4c3[nH]1)CN2. The lowest BCUT2D eigenvalue weighted by molar-refractivity contribution is 0.626. The lowest BCUT2D eigenvalue weighted by atomic mass is 9.88. The normalized spacial score (nSPS) is 22.0. The molecule has 6 rings (SSSR count). The minimum Gasteiger partial charge on any atom is -0.402 e. The Morgan fingerprint density at radius 1 is 1.04 bits per heavy atom. The van der Waals surface area contributed by atoms with Crippen LogP contribution in [-0.2, 0) is 0 Å².